The molecule has 0 saturated heterocycles. The van der Waals surface area contributed by atoms with Gasteiger partial charge in [0.05, 0.1) is 11.4 Å². The molecular formula is C12H11N3O. The molecule has 0 fully saturated rings. The fourth-order valence-electron chi connectivity index (χ4n) is 1.31. The van der Waals surface area contributed by atoms with Crippen LogP contribution in [0, 0.1) is 6.92 Å². The first-order chi connectivity index (χ1) is 7.77. The molecule has 2 aromatic heterocycles. The number of hydrogen-bond acceptors (Lipinski definition) is 3. The van der Waals surface area contributed by atoms with Crippen molar-refractivity contribution in [3.63, 3.8) is 0 Å². The van der Waals surface area contributed by atoms with E-state index in [2.05, 4.69) is 15.3 Å². The topological polar surface area (TPSA) is 54.9 Å². The number of carbonyl (C=O) groups is 1. The predicted molar refractivity (Wildman–Crippen MR) is 61.2 cm³/mol. The summed E-state index contributed by atoms with van der Waals surface area (Å²) in [5, 5.41) is 2.80. The highest BCUT2D eigenvalue weighted by atomic mass is 16.1. The van der Waals surface area contributed by atoms with E-state index in [1.807, 2.05) is 13.0 Å². The van der Waals surface area contributed by atoms with Gasteiger partial charge in [-0.1, -0.05) is 0 Å². The van der Waals surface area contributed by atoms with E-state index >= 15 is 0 Å². The van der Waals surface area contributed by atoms with Gasteiger partial charge >= 0.3 is 0 Å². The lowest BCUT2D eigenvalue weighted by molar-refractivity contribution is 0.102. The maximum absolute atomic E-state index is 11.8. The molecule has 0 aliphatic rings. The minimum atomic E-state index is -0.154. The van der Waals surface area contributed by atoms with Crippen LogP contribution in [-0.2, 0) is 0 Å². The molecule has 2 rings (SSSR count). The average Bonchev–Trinajstić information content (AvgIpc) is 2.33. The zero-order valence-electron chi connectivity index (χ0n) is 8.84. The van der Waals surface area contributed by atoms with Gasteiger partial charge in [-0.05, 0) is 31.2 Å². The van der Waals surface area contributed by atoms with Crippen molar-refractivity contribution in [3.05, 3.63) is 54.1 Å². The minimum absolute atomic E-state index is 0.154. The van der Waals surface area contributed by atoms with Crippen molar-refractivity contribution < 1.29 is 4.79 Å². The van der Waals surface area contributed by atoms with E-state index < -0.39 is 0 Å². The van der Waals surface area contributed by atoms with E-state index in [1.54, 1.807) is 36.8 Å². The Kier molecular flexibility index (Phi) is 2.91. The summed E-state index contributed by atoms with van der Waals surface area (Å²) in [7, 11) is 0. The summed E-state index contributed by atoms with van der Waals surface area (Å²) in [5.74, 6) is -0.154. The first-order valence-electron chi connectivity index (χ1n) is 4.90. The third kappa shape index (κ3) is 2.23. The quantitative estimate of drug-likeness (QED) is 0.830. The van der Waals surface area contributed by atoms with Gasteiger partial charge in [-0.25, -0.2) is 0 Å². The van der Waals surface area contributed by atoms with Gasteiger partial charge in [-0.15, -0.1) is 0 Å². The number of anilines is 1. The summed E-state index contributed by atoms with van der Waals surface area (Å²) in [5.41, 5.74) is 2.10. The van der Waals surface area contributed by atoms with Crippen molar-refractivity contribution in [2.75, 3.05) is 5.32 Å². The predicted octanol–water partition coefficient (Wildman–Crippen LogP) is 2.04. The number of rotatable bonds is 2. The fraction of sp³-hybridized carbons (Fsp3) is 0.0833. The first kappa shape index (κ1) is 10.3. The van der Waals surface area contributed by atoms with Crippen molar-refractivity contribution >= 4 is 11.6 Å². The molecular weight excluding hydrogens is 202 g/mol. The summed E-state index contributed by atoms with van der Waals surface area (Å²) < 4.78 is 0. The molecule has 0 aromatic carbocycles. The number of aryl methyl sites for hydroxylation is 1. The smallest absolute Gasteiger partial charge is 0.255 e. The maximum atomic E-state index is 11.8. The zero-order chi connectivity index (χ0) is 11.4. The summed E-state index contributed by atoms with van der Waals surface area (Å²) >= 11 is 0. The Labute approximate surface area is 93.4 Å². The highest BCUT2D eigenvalue weighted by Gasteiger charge is 2.06. The van der Waals surface area contributed by atoms with E-state index in [4.69, 9.17) is 0 Å². The molecule has 0 saturated carbocycles. The summed E-state index contributed by atoms with van der Waals surface area (Å²) in [6.45, 7) is 1.85. The second-order valence-electron chi connectivity index (χ2n) is 3.33. The highest BCUT2D eigenvalue weighted by Crippen LogP contribution is 2.11. The largest absolute Gasteiger partial charge is 0.320 e. The second-order valence-corrected chi connectivity index (χ2v) is 3.33. The van der Waals surface area contributed by atoms with E-state index in [-0.39, 0.29) is 5.91 Å². The first-order valence-corrected chi connectivity index (χ1v) is 4.90. The highest BCUT2D eigenvalue weighted by molar-refractivity contribution is 6.04. The van der Waals surface area contributed by atoms with E-state index in [0.717, 1.165) is 11.4 Å². The molecule has 2 aromatic rings. The molecule has 0 bridgehead atoms. The van der Waals surface area contributed by atoms with Crippen LogP contribution < -0.4 is 5.32 Å². The van der Waals surface area contributed by atoms with Crippen molar-refractivity contribution in [2.45, 2.75) is 6.92 Å². The average molecular weight is 213 g/mol. The van der Waals surface area contributed by atoms with Gasteiger partial charge in [0.15, 0.2) is 0 Å². The molecule has 0 atom stereocenters. The lowest BCUT2D eigenvalue weighted by atomic mass is 10.2. The van der Waals surface area contributed by atoms with Crippen LogP contribution in [0.1, 0.15) is 16.1 Å². The molecule has 1 amide bonds. The van der Waals surface area contributed by atoms with E-state index in [1.165, 1.54) is 0 Å². The number of nitrogens with one attached hydrogen (secondary N) is 1. The van der Waals surface area contributed by atoms with Crippen LogP contribution in [-0.4, -0.2) is 15.9 Å². The van der Waals surface area contributed by atoms with Gasteiger partial charge in [0.1, 0.15) is 0 Å². The van der Waals surface area contributed by atoms with Gasteiger partial charge in [-0.2, -0.15) is 0 Å². The lowest BCUT2D eigenvalue weighted by Gasteiger charge is -2.06. The third-order valence-corrected chi connectivity index (χ3v) is 2.20. The van der Waals surface area contributed by atoms with Crippen LogP contribution in [0.5, 0.6) is 0 Å². The molecule has 80 valence electrons. The van der Waals surface area contributed by atoms with Crippen molar-refractivity contribution in [2.24, 2.45) is 0 Å². The SMILES string of the molecule is Cc1ncccc1NC(=O)c1ccncc1. The maximum Gasteiger partial charge on any atom is 0.255 e. The van der Waals surface area contributed by atoms with Crippen LogP contribution in [0.4, 0.5) is 5.69 Å². The number of hydrogen-bond donors (Lipinski definition) is 1. The van der Waals surface area contributed by atoms with Crippen LogP contribution in [0.25, 0.3) is 0 Å². The van der Waals surface area contributed by atoms with Crippen LogP contribution >= 0.6 is 0 Å². The Balaban J connectivity index is 2.18. The van der Waals surface area contributed by atoms with Crippen LogP contribution in [0.2, 0.25) is 0 Å². The Hall–Kier alpha value is -2.23. The summed E-state index contributed by atoms with van der Waals surface area (Å²) in [4.78, 5) is 19.8. The summed E-state index contributed by atoms with van der Waals surface area (Å²) in [6, 6.07) is 6.94. The normalized spacial score (nSPS) is 9.81. The van der Waals surface area contributed by atoms with Crippen molar-refractivity contribution in [1.29, 1.82) is 0 Å². The molecule has 0 radical (unpaired) electrons. The number of nitrogens with zero attached hydrogens (tertiary/aromatic N) is 2. The Morgan fingerprint density at radius 1 is 1.19 bits per heavy atom. The lowest BCUT2D eigenvalue weighted by Crippen LogP contribution is -2.12. The number of amides is 1. The zero-order valence-corrected chi connectivity index (χ0v) is 8.84. The number of aromatic nitrogens is 2. The molecule has 0 unspecified atom stereocenters. The number of pyridine rings is 2. The van der Waals surface area contributed by atoms with E-state index in [0.29, 0.717) is 5.56 Å². The Bertz CT molecular complexity index is 497. The molecule has 0 aliphatic carbocycles. The third-order valence-electron chi connectivity index (χ3n) is 2.20. The monoisotopic (exact) mass is 213 g/mol. The molecule has 4 heteroatoms. The van der Waals surface area contributed by atoms with Crippen LogP contribution in [0.15, 0.2) is 42.9 Å². The molecule has 16 heavy (non-hydrogen) atoms. The molecule has 4 nitrogen and oxygen atoms in total. The Morgan fingerprint density at radius 3 is 2.62 bits per heavy atom. The van der Waals surface area contributed by atoms with Gasteiger partial charge in [0.2, 0.25) is 0 Å². The fourth-order valence-corrected chi connectivity index (χ4v) is 1.31. The van der Waals surface area contributed by atoms with Gasteiger partial charge in [0, 0.05) is 24.2 Å². The molecule has 0 spiro atoms. The minimum Gasteiger partial charge on any atom is -0.320 e. The molecule has 1 N–H and O–H groups in total. The summed E-state index contributed by atoms with van der Waals surface area (Å²) in [6.07, 6.45) is 4.87. The van der Waals surface area contributed by atoms with Crippen molar-refractivity contribution in [1.82, 2.24) is 9.97 Å². The van der Waals surface area contributed by atoms with Gasteiger partial charge < -0.3 is 5.32 Å². The van der Waals surface area contributed by atoms with Crippen LogP contribution in [0.3, 0.4) is 0 Å². The standard InChI is InChI=1S/C12H11N3O/c1-9-11(3-2-6-14-9)15-12(16)10-4-7-13-8-5-10/h2-8H,1H3,(H,15,16). The Morgan fingerprint density at radius 2 is 1.94 bits per heavy atom. The van der Waals surface area contributed by atoms with Gasteiger partial charge in [0.25, 0.3) is 5.91 Å². The van der Waals surface area contributed by atoms with E-state index in [9.17, 15) is 4.79 Å². The second kappa shape index (κ2) is 4.53. The van der Waals surface area contributed by atoms with Crippen molar-refractivity contribution in [3.8, 4) is 0 Å². The molecule has 2 heterocycles. The molecule has 0 aliphatic heterocycles. The number of carbonyl (C=O) groups excluding carboxylic acids is 1. The van der Waals surface area contributed by atoms with Gasteiger partial charge in [-0.3, -0.25) is 14.8 Å².